The van der Waals surface area contributed by atoms with E-state index in [2.05, 4.69) is 53.6 Å². The summed E-state index contributed by atoms with van der Waals surface area (Å²) in [6, 6.07) is 0. The molecule has 0 aliphatic carbocycles. The minimum Gasteiger partial charge on any atom is -0.235 e. The van der Waals surface area contributed by atoms with E-state index >= 15 is 0 Å². The number of aromatic nitrogens is 3. The van der Waals surface area contributed by atoms with E-state index in [4.69, 9.17) is 0 Å². The minimum atomic E-state index is -3.51. The number of nitrogens with zero attached hydrogens (tertiary/aromatic N) is 3. The van der Waals surface area contributed by atoms with Gasteiger partial charge in [0.05, 0.1) is 0 Å². The number of hydrogen-bond acceptors (Lipinski definition) is 4. The van der Waals surface area contributed by atoms with Crippen molar-refractivity contribution in [2.75, 3.05) is 11.0 Å². The summed E-state index contributed by atoms with van der Waals surface area (Å²) < 4.78 is 28.4. The Morgan fingerprint density at radius 2 is 2.27 bits per heavy atom. The van der Waals surface area contributed by atoms with Crippen LogP contribution in [-0.2, 0) is 17.1 Å². The fourth-order valence-corrected chi connectivity index (χ4v) is 3.49. The predicted molar refractivity (Wildman–Crippen MR) is 67.4 cm³/mol. The maximum absolute atomic E-state index is 11.8. The normalized spacial score (nSPS) is 11.9. The van der Waals surface area contributed by atoms with Gasteiger partial charge in [-0.1, -0.05) is 27.8 Å². The van der Waals surface area contributed by atoms with E-state index in [1.807, 2.05) is 0 Å². The predicted octanol–water partition coefficient (Wildman–Crippen LogP) is 0.681. The SMILES string of the molecule is Cn1nnc(Br)c1S(=O)(=O)NCCCI. The molecule has 9 heteroatoms. The van der Waals surface area contributed by atoms with Crippen molar-refractivity contribution in [3.63, 3.8) is 0 Å². The molecule has 15 heavy (non-hydrogen) atoms. The zero-order valence-electron chi connectivity index (χ0n) is 7.94. The number of hydrogen-bond donors (Lipinski definition) is 1. The molecule has 0 saturated carbocycles. The minimum absolute atomic E-state index is 0.0518. The lowest BCUT2D eigenvalue weighted by Gasteiger charge is -2.05. The molecule has 1 heterocycles. The van der Waals surface area contributed by atoms with Gasteiger partial charge in [-0.05, 0) is 22.4 Å². The average molecular weight is 409 g/mol. The van der Waals surface area contributed by atoms with Crippen LogP contribution in [0, 0.1) is 0 Å². The first-order valence-corrected chi connectivity index (χ1v) is 7.90. The summed E-state index contributed by atoms with van der Waals surface area (Å²) in [6.45, 7) is 0.420. The summed E-state index contributed by atoms with van der Waals surface area (Å²) >= 11 is 5.24. The monoisotopic (exact) mass is 408 g/mol. The highest BCUT2D eigenvalue weighted by Crippen LogP contribution is 2.17. The molecular weight excluding hydrogens is 399 g/mol. The molecular formula is C6H10BrIN4O2S. The summed E-state index contributed by atoms with van der Waals surface area (Å²) in [7, 11) is -1.98. The van der Waals surface area contributed by atoms with Crippen LogP contribution < -0.4 is 4.72 Å². The standard InChI is InChI=1S/C6H10BrIN4O2S/c1-12-6(5(7)10-11-12)15(13,14)9-4-2-3-8/h9H,2-4H2,1H3. The van der Waals surface area contributed by atoms with Crippen molar-refractivity contribution in [3.05, 3.63) is 4.60 Å². The van der Waals surface area contributed by atoms with Crippen molar-refractivity contribution in [2.24, 2.45) is 7.05 Å². The molecule has 1 N–H and O–H groups in total. The van der Waals surface area contributed by atoms with Crippen molar-refractivity contribution in [1.82, 2.24) is 19.7 Å². The fourth-order valence-electron chi connectivity index (χ4n) is 0.950. The lowest BCUT2D eigenvalue weighted by molar-refractivity contribution is 0.560. The molecule has 0 aliphatic rings. The second-order valence-corrected chi connectivity index (χ2v) is 6.26. The summed E-state index contributed by atoms with van der Waals surface area (Å²) in [4.78, 5) is 0. The van der Waals surface area contributed by atoms with Crippen LogP contribution >= 0.6 is 38.5 Å². The van der Waals surface area contributed by atoms with Gasteiger partial charge in [-0.2, -0.15) is 0 Å². The van der Waals surface area contributed by atoms with Gasteiger partial charge in [0.25, 0.3) is 10.0 Å². The third-order valence-corrected chi connectivity index (χ3v) is 4.70. The van der Waals surface area contributed by atoms with Crippen molar-refractivity contribution >= 4 is 48.5 Å². The van der Waals surface area contributed by atoms with E-state index in [1.165, 1.54) is 11.7 Å². The number of alkyl halides is 1. The van der Waals surface area contributed by atoms with Crippen LogP contribution in [-0.4, -0.2) is 34.4 Å². The fraction of sp³-hybridized carbons (Fsp3) is 0.667. The van der Waals surface area contributed by atoms with Crippen LogP contribution in [0.2, 0.25) is 0 Å². The Labute approximate surface area is 110 Å². The molecule has 0 bridgehead atoms. The van der Waals surface area contributed by atoms with Crippen molar-refractivity contribution < 1.29 is 8.42 Å². The molecule has 0 spiro atoms. The molecule has 0 aromatic carbocycles. The Bertz CT molecular complexity index is 413. The molecule has 0 fully saturated rings. The van der Waals surface area contributed by atoms with Crippen LogP contribution in [0.15, 0.2) is 9.63 Å². The first-order valence-electron chi connectivity index (χ1n) is 4.10. The first-order chi connectivity index (χ1) is 6.99. The Hall–Kier alpha value is 0.260. The zero-order chi connectivity index (χ0) is 11.5. The van der Waals surface area contributed by atoms with Crippen LogP contribution in [0.4, 0.5) is 0 Å². The lowest BCUT2D eigenvalue weighted by Crippen LogP contribution is -2.27. The van der Waals surface area contributed by atoms with Gasteiger partial charge in [-0.15, -0.1) is 5.10 Å². The number of sulfonamides is 1. The van der Waals surface area contributed by atoms with Gasteiger partial charge in [0, 0.05) is 18.0 Å². The van der Waals surface area contributed by atoms with E-state index < -0.39 is 10.0 Å². The van der Waals surface area contributed by atoms with Gasteiger partial charge in [-0.25, -0.2) is 17.8 Å². The molecule has 6 nitrogen and oxygen atoms in total. The molecule has 0 amide bonds. The number of aryl methyl sites for hydroxylation is 1. The topological polar surface area (TPSA) is 76.9 Å². The maximum Gasteiger partial charge on any atom is 0.260 e. The second-order valence-electron chi connectivity index (χ2n) is 2.75. The lowest BCUT2D eigenvalue weighted by atomic mass is 10.5. The first kappa shape index (κ1) is 13.3. The van der Waals surface area contributed by atoms with Gasteiger partial charge in [0.2, 0.25) is 5.03 Å². The Morgan fingerprint density at radius 1 is 1.60 bits per heavy atom. The van der Waals surface area contributed by atoms with Crippen LogP contribution in [0.1, 0.15) is 6.42 Å². The second kappa shape index (κ2) is 5.55. The van der Waals surface area contributed by atoms with Gasteiger partial charge < -0.3 is 0 Å². The molecule has 1 rings (SSSR count). The molecule has 0 atom stereocenters. The van der Waals surface area contributed by atoms with Crippen molar-refractivity contribution in [2.45, 2.75) is 11.4 Å². The highest BCUT2D eigenvalue weighted by Gasteiger charge is 2.22. The van der Waals surface area contributed by atoms with Gasteiger partial charge in [-0.3, -0.25) is 0 Å². The van der Waals surface area contributed by atoms with E-state index in [0.29, 0.717) is 6.54 Å². The third-order valence-electron chi connectivity index (χ3n) is 1.59. The van der Waals surface area contributed by atoms with Gasteiger partial charge in [0.1, 0.15) is 0 Å². The van der Waals surface area contributed by atoms with Gasteiger partial charge in [0.15, 0.2) is 4.60 Å². The summed E-state index contributed by atoms with van der Waals surface area (Å²) in [5, 5.41) is 7.28. The zero-order valence-corrected chi connectivity index (χ0v) is 12.5. The van der Waals surface area contributed by atoms with E-state index in [9.17, 15) is 8.42 Å². The molecule has 86 valence electrons. The van der Waals surface area contributed by atoms with Crippen LogP contribution in [0.3, 0.4) is 0 Å². The van der Waals surface area contributed by atoms with Gasteiger partial charge >= 0.3 is 0 Å². The van der Waals surface area contributed by atoms with Crippen molar-refractivity contribution in [3.8, 4) is 0 Å². The third kappa shape index (κ3) is 3.36. The molecule has 0 radical (unpaired) electrons. The van der Waals surface area contributed by atoms with Crippen molar-refractivity contribution in [1.29, 1.82) is 0 Å². The maximum atomic E-state index is 11.8. The number of rotatable bonds is 5. The van der Waals surface area contributed by atoms with Crippen LogP contribution in [0.25, 0.3) is 0 Å². The summed E-state index contributed by atoms with van der Waals surface area (Å²) in [5.41, 5.74) is 0. The van der Waals surface area contributed by atoms with E-state index in [-0.39, 0.29) is 9.63 Å². The number of halogens is 2. The molecule has 0 aliphatic heterocycles. The quantitative estimate of drug-likeness (QED) is 0.441. The summed E-state index contributed by atoms with van der Waals surface area (Å²) in [6.07, 6.45) is 0.794. The van der Waals surface area contributed by atoms with E-state index in [1.54, 1.807) is 0 Å². The molecule has 1 aromatic heterocycles. The Morgan fingerprint density at radius 3 is 2.73 bits per heavy atom. The average Bonchev–Trinajstić information content (AvgIpc) is 2.46. The Balaban J connectivity index is 2.87. The highest BCUT2D eigenvalue weighted by atomic mass is 127. The number of nitrogens with one attached hydrogen (secondary N) is 1. The molecule has 0 unspecified atom stereocenters. The summed E-state index contributed by atoms with van der Waals surface area (Å²) in [5.74, 6) is 0. The largest absolute Gasteiger partial charge is 0.260 e. The highest BCUT2D eigenvalue weighted by molar-refractivity contribution is 14.1. The van der Waals surface area contributed by atoms with Crippen LogP contribution in [0.5, 0.6) is 0 Å². The van der Waals surface area contributed by atoms with E-state index in [0.717, 1.165) is 10.8 Å². The smallest absolute Gasteiger partial charge is 0.235 e. The Kier molecular flexibility index (Phi) is 4.93. The molecule has 1 aromatic rings. The molecule has 0 saturated heterocycles.